The Morgan fingerprint density at radius 2 is 1.89 bits per heavy atom. The highest BCUT2D eigenvalue weighted by atomic mass is 79.9. The molecular weight excluding hydrogens is 326 g/mol. The molecule has 0 fully saturated rings. The van der Waals surface area contributed by atoms with E-state index in [1.165, 1.54) is 0 Å². The summed E-state index contributed by atoms with van der Waals surface area (Å²) >= 11 is 9.43. The minimum atomic E-state index is -0.159. The van der Waals surface area contributed by atoms with Gasteiger partial charge in [0.25, 0.3) is 5.91 Å². The van der Waals surface area contributed by atoms with Crippen LogP contribution in [0, 0.1) is 6.92 Å². The van der Waals surface area contributed by atoms with Crippen molar-refractivity contribution in [3.05, 3.63) is 64.2 Å². The zero-order valence-electron chi connectivity index (χ0n) is 10.4. The summed E-state index contributed by atoms with van der Waals surface area (Å²) in [6.45, 7) is 1.96. The number of hydrogen-bond acceptors (Lipinski definition) is 1. The van der Waals surface area contributed by atoms with Crippen molar-refractivity contribution in [1.29, 1.82) is 0 Å². The van der Waals surface area contributed by atoms with Gasteiger partial charge in [0.1, 0.15) is 0 Å². The third-order valence-electron chi connectivity index (χ3n) is 2.74. The summed E-state index contributed by atoms with van der Waals surface area (Å²) in [4.78, 5) is 12.1. The van der Waals surface area contributed by atoms with Crippen LogP contribution in [-0.2, 0) is 5.33 Å². The molecule has 0 aromatic heterocycles. The smallest absolute Gasteiger partial charge is 0.255 e. The number of carbonyl (C=O) groups excluding carboxylic acids is 1. The standard InChI is InChI=1S/C15H13BrClNO/c1-10-2-7-13(17)14(8-10)18-15(19)12-5-3-11(9-16)4-6-12/h2-8H,9H2,1H3,(H,18,19). The second-order valence-corrected chi connectivity index (χ2v) is 5.24. The average Bonchev–Trinajstić information content (AvgIpc) is 2.43. The predicted molar refractivity (Wildman–Crippen MR) is 83.2 cm³/mol. The number of rotatable bonds is 3. The molecule has 2 rings (SSSR count). The van der Waals surface area contributed by atoms with Crippen molar-refractivity contribution in [2.45, 2.75) is 12.3 Å². The molecule has 0 heterocycles. The van der Waals surface area contributed by atoms with Crippen molar-refractivity contribution in [1.82, 2.24) is 0 Å². The van der Waals surface area contributed by atoms with Crippen LogP contribution >= 0.6 is 27.5 Å². The molecule has 2 aromatic carbocycles. The number of carbonyl (C=O) groups is 1. The van der Waals surface area contributed by atoms with Crippen LogP contribution in [0.5, 0.6) is 0 Å². The molecule has 1 N–H and O–H groups in total. The first-order chi connectivity index (χ1) is 9.10. The van der Waals surface area contributed by atoms with Gasteiger partial charge in [-0.15, -0.1) is 0 Å². The Morgan fingerprint density at radius 3 is 2.53 bits per heavy atom. The quantitative estimate of drug-likeness (QED) is 0.801. The molecule has 0 bridgehead atoms. The lowest BCUT2D eigenvalue weighted by molar-refractivity contribution is 0.102. The third kappa shape index (κ3) is 3.58. The van der Waals surface area contributed by atoms with Gasteiger partial charge in [0.2, 0.25) is 0 Å². The highest BCUT2D eigenvalue weighted by molar-refractivity contribution is 9.08. The molecule has 19 heavy (non-hydrogen) atoms. The Kier molecular flexibility index (Phi) is 4.61. The second kappa shape index (κ2) is 6.22. The van der Waals surface area contributed by atoms with E-state index in [4.69, 9.17) is 11.6 Å². The third-order valence-corrected chi connectivity index (χ3v) is 3.72. The molecule has 0 radical (unpaired) electrons. The second-order valence-electron chi connectivity index (χ2n) is 4.27. The maximum Gasteiger partial charge on any atom is 0.255 e. The summed E-state index contributed by atoms with van der Waals surface area (Å²) in [5.74, 6) is -0.159. The topological polar surface area (TPSA) is 29.1 Å². The van der Waals surface area contributed by atoms with Gasteiger partial charge in [-0.25, -0.2) is 0 Å². The van der Waals surface area contributed by atoms with Gasteiger partial charge < -0.3 is 5.32 Å². The van der Waals surface area contributed by atoms with E-state index >= 15 is 0 Å². The average molecular weight is 339 g/mol. The van der Waals surface area contributed by atoms with Crippen molar-refractivity contribution in [2.24, 2.45) is 0 Å². The van der Waals surface area contributed by atoms with E-state index in [0.717, 1.165) is 16.5 Å². The first-order valence-corrected chi connectivity index (χ1v) is 7.32. The summed E-state index contributed by atoms with van der Waals surface area (Å²) < 4.78 is 0. The summed E-state index contributed by atoms with van der Waals surface area (Å²) in [7, 11) is 0. The molecule has 0 atom stereocenters. The number of halogens is 2. The number of hydrogen-bond donors (Lipinski definition) is 1. The normalized spacial score (nSPS) is 10.3. The fourth-order valence-electron chi connectivity index (χ4n) is 1.67. The number of alkyl halides is 1. The molecule has 0 saturated carbocycles. The number of anilines is 1. The van der Waals surface area contributed by atoms with Gasteiger partial charge in [0.05, 0.1) is 10.7 Å². The molecule has 0 saturated heterocycles. The Morgan fingerprint density at radius 1 is 1.21 bits per heavy atom. The molecule has 0 aliphatic carbocycles. The minimum absolute atomic E-state index is 0.159. The number of amides is 1. The monoisotopic (exact) mass is 337 g/mol. The van der Waals surface area contributed by atoms with Crippen molar-refractivity contribution in [3.63, 3.8) is 0 Å². The molecular formula is C15H13BrClNO. The molecule has 1 amide bonds. The molecule has 2 nitrogen and oxygen atoms in total. The van der Waals surface area contributed by atoms with Crippen LogP contribution in [0.2, 0.25) is 5.02 Å². The minimum Gasteiger partial charge on any atom is -0.321 e. The van der Waals surface area contributed by atoms with Gasteiger partial charge in [-0.1, -0.05) is 45.7 Å². The molecule has 98 valence electrons. The van der Waals surface area contributed by atoms with Gasteiger partial charge in [-0.3, -0.25) is 4.79 Å². The maximum atomic E-state index is 12.1. The van der Waals surface area contributed by atoms with Crippen LogP contribution in [0.4, 0.5) is 5.69 Å². The largest absolute Gasteiger partial charge is 0.321 e. The summed E-state index contributed by atoms with van der Waals surface area (Å²) in [6, 6.07) is 13.0. The van der Waals surface area contributed by atoms with Gasteiger partial charge in [-0.05, 0) is 42.3 Å². The van der Waals surface area contributed by atoms with Crippen LogP contribution < -0.4 is 5.32 Å². The fourth-order valence-corrected chi connectivity index (χ4v) is 2.21. The van der Waals surface area contributed by atoms with E-state index in [0.29, 0.717) is 16.3 Å². The molecule has 0 aliphatic heterocycles. The SMILES string of the molecule is Cc1ccc(Cl)c(NC(=O)c2ccc(CBr)cc2)c1. The Hall–Kier alpha value is -1.32. The Labute approximate surface area is 125 Å². The lowest BCUT2D eigenvalue weighted by Crippen LogP contribution is -2.12. The lowest BCUT2D eigenvalue weighted by Gasteiger charge is -2.08. The van der Waals surface area contributed by atoms with E-state index < -0.39 is 0 Å². The van der Waals surface area contributed by atoms with Crippen LogP contribution in [0.15, 0.2) is 42.5 Å². The van der Waals surface area contributed by atoms with Crippen LogP contribution in [0.25, 0.3) is 0 Å². The van der Waals surface area contributed by atoms with E-state index in [-0.39, 0.29) is 5.91 Å². The van der Waals surface area contributed by atoms with E-state index in [1.54, 1.807) is 18.2 Å². The van der Waals surface area contributed by atoms with Gasteiger partial charge in [0.15, 0.2) is 0 Å². The van der Waals surface area contributed by atoms with Gasteiger partial charge >= 0.3 is 0 Å². The Bertz CT molecular complexity index is 596. The van der Waals surface area contributed by atoms with E-state index in [2.05, 4.69) is 21.2 Å². The highest BCUT2D eigenvalue weighted by Crippen LogP contribution is 2.23. The van der Waals surface area contributed by atoms with Crippen LogP contribution in [0.1, 0.15) is 21.5 Å². The summed E-state index contributed by atoms with van der Waals surface area (Å²) in [6.07, 6.45) is 0. The Balaban J connectivity index is 2.18. The van der Waals surface area contributed by atoms with Crippen molar-refractivity contribution < 1.29 is 4.79 Å². The molecule has 0 unspecified atom stereocenters. The van der Waals surface area contributed by atoms with Crippen molar-refractivity contribution in [2.75, 3.05) is 5.32 Å². The zero-order chi connectivity index (χ0) is 13.8. The molecule has 2 aromatic rings. The maximum absolute atomic E-state index is 12.1. The van der Waals surface area contributed by atoms with Gasteiger partial charge in [-0.2, -0.15) is 0 Å². The van der Waals surface area contributed by atoms with Crippen LogP contribution in [0.3, 0.4) is 0 Å². The predicted octanol–water partition coefficient (Wildman–Crippen LogP) is 4.80. The number of aryl methyl sites for hydroxylation is 1. The van der Waals surface area contributed by atoms with E-state index in [1.807, 2.05) is 31.2 Å². The highest BCUT2D eigenvalue weighted by Gasteiger charge is 2.08. The number of benzene rings is 2. The molecule has 4 heteroatoms. The molecule has 0 aliphatic rings. The fraction of sp³-hybridized carbons (Fsp3) is 0.133. The van der Waals surface area contributed by atoms with E-state index in [9.17, 15) is 4.79 Å². The lowest BCUT2D eigenvalue weighted by atomic mass is 10.1. The summed E-state index contributed by atoms with van der Waals surface area (Å²) in [5.41, 5.74) is 3.43. The van der Waals surface area contributed by atoms with Gasteiger partial charge in [0, 0.05) is 10.9 Å². The first-order valence-electron chi connectivity index (χ1n) is 5.82. The molecule has 0 spiro atoms. The first kappa shape index (κ1) is 14.1. The zero-order valence-corrected chi connectivity index (χ0v) is 12.8. The van der Waals surface area contributed by atoms with Crippen molar-refractivity contribution >= 4 is 39.1 Å². The number of nitrogens with one attached hydrogen (secondary N) is 1. The van der Waals surface area contributed by atoms with Crippen molar-refractivity contribution in [3.8, 4) is 0 Å². The van der Waals surface area contributed by atoms with Crippen LogP contribution in [-0.4, -0.2) is 5.91 Å². The summed E-state index contributed by atoms with van der Waals surface area (Å²) in [5, 5.41) is 4.14.